The van der Waals surface area contributed by atoms with Gasteiger partial charge in [-0.15, -0.1) is 0 Å². The molecule has 0 saturated carbocycles. The highest BCUT2D eigenvalue weighted by Gasteiger charge is 2.44. The topological polar surface area (TPSA) is 144 Å². The summed E-state index contributed by atoms with van der Waals surface area (Å²) in [4.78, 5) is 53.1. The van der Waals surface area contributed by atoms with E-state index in [0.717, 1.165) is 49.0 Å². The second-order valence-corrected chi connectivity index (χ2v) is 11.8. The van der Waals surface area contributed by atoms with Crippen molar-refractivity contribution >= 4 is 46.7 Å². The highest BCUT2D eigenvalue weighted by Crippen LogP contribution is 2.31. The molecule has 49 heavy (non-hydrogen) atoms. The van der Waals surface area contributed by atoms with E-state index in [1.807, 2.05) is 0 Å². The van der Waals surface area contributed by atoms with Gasteiger partial charge in [-0.2, -0.15) is 5.26 Å². The number of ether oxygens (including phenoxy) is 1. The predicted molar refractivity (Wildman–Crippen MR) is 178 cm³/mol. The van der Waals surface area contributed by atoms with Crippen molar-refractivity contribution in [2.45, 2.75) is 32.7 Å². The number of urea groups is 1. The number of hydrogen-bond donors (Lipinski definition) is 2. The number of carbonyl (C=O) groups is 3. The van der Waals surface area contributed by atoms with E-state index >= 15 is 4.39 Å². The molecule has 250 valence electrons. The average molecular weight is 667 g/mol. The normalized spacial score (nSPS) is 16.2. The van der Waals surface area contributed by atoms with E-state index in [1.165, 1.54) is 35.4 Å². The maximum Gasteiger partial charge on any atom is 0.331 e. The average Bonchev–Trinajstić information content (AvgIpc) is 3.62. The molecule has 2 fully saturated rings. The van der Waals surface area contributed by atoms with Gasteiger partial charge in [-0.25, -0.2) is 28.4 Å². The third-order valence-electron chi connectivity index (χ3n) is 8.18. The summed E-state index contributed by atoms with van der Waals surface area (Å²) in [5.74, 6) is -2.53. The Balaban J connectivity index is 1.14. The number of nitrogens with zero attached hydrogens (tertiary/aromatic N) is 6. The van der Waals surface area contributed by atoms with Gasteiger partial charge in [0.05, 0.1) is 11.3 Å². The van der Waals surface area contributed by atoms with Gasteiger partial charge in [0.25, 0.3) is 0 Å². The Bertz CT molecular complexity index is 1940. The number of carbonyl (C=O) groups excluding carboxylic acids is 3. The quantitative estimate of drug-likeness (QED) is 0.200. The van der Waals surface area contributed by atoms with E-state index in [9.17, 15) is 24.0 Å². The minimum absolute atomic E-state index is 0.0711. The number of imide groups is 1. The van der Waals surface area contributed by atoms with E-state index in [1.54, 1.807) is 38.1 Å². The number of aromatic nitrogens is 2. The van der Waals surface area contributed by atoms with Crippen molar-refractivity contribution in [3.05, 3.63) is 90.1 Å². The van der Waals surface area contributed by atoms with Crippen molar-refractivity contribution in [3.8, 4) is 17.6 Å². The van der Waals surface area contributed by atoms with Crippen molar-refractivity contribution in [1.29, 1.82) is 5.26 Å². The smallest absolute Gasteiger partial charge is 0.331 e. The zero-order chi connectivity index (χ0) is 34.7. The Kier molecular flexibility index (Phi) is 9.34. The molecule has 4 amide bonds. The molecule has 2 N–H and O–H groups in total. The fourth-order valence-corrected chi connectivity index (χ4v) is 5.65. The van der Waals surface area contributed by atoms with Crippen LogP contribution in [-0.4, -0.2) is 58.4 Å². The molecule has 14 heteroatoms. The number of halogens is 2. The summed E-state index contributed by atoms with van der Waals surface area (Å²) in [5.41, 5.74) is 0.681. The molecule has 4 aromatic rings. The fraction of sp³-hybridized carbons (Fsp3) is 0.257. The van der Waals surface area contributed by atoms with Crippen LogP contribution in [0.25, 0.3) is 0 Å². The maximum absolute atomic E-state index is 15.2. The van der Waals surface area contributed by atoms with Gasteiger partial charge in [-0.05, 0) is 81.3 Å². The Morgan fingerprint density at radius 2 is 1.76 bits per heavy atom. The number of amides is 4. The molecule has 1 atom stereocenters. The molecule has 12 nitrogen and oxygen atoms in total. The first-order valence-corrected chi connectivity index (χ1v) is 15.7. The number of hydrogen-bond acceptors (Lipinski definition) is 9. The number of benzene rings is 2. The van der Waals surface area contributed by atoms with Crippen molar-refractivity contribution in [2.24, 2.45) is 5.92 Å². The van der Waals surface area contributed by atoms with Gasteiger partial charge < -0.3 is 25.2 Å². The van der Waals surface area contributed by atoms with Crippen LogP contribution < -0.4 is 25.2 Å². The number of rotatable bonds is 9. The molecule has 6 rings (SSSR count). The minimum Gasteiger partial charge on any atom is -0.454 e. The zero-order valence-corrected chi connectivity index (χ0v) is 26.7. The summed E-state index contributed by atoms with van der Waals surface area (Å²) < 4.78 is 34.6. The minimum atomic E-state index is -1.30. The molecule has 0 bridgehead atoms. The second-order valence-electron chi connectivity index (χ2n) is 11.8. The summed E-state index contributed by atoms with van der Waals surface area (Å²) >= 11 is 0. The zero-order valence-electron chi connectivity index (χ0n) is 26.7. The largest absolute Gasteiger partial charge is 0.454 e. The van der Waals surface area contributed by atoms with Crippen molar-refractivity contribution < 1.29 is 27.9 Å². The Labute approximate surface area is 280 Å². The van der Waals surface area contributed by atoms with Crippen LogP contribution in [0.15, 0.2) is 72.9 Å². The van der Waals surface area contributed by atoms with Gasteiger partial charge >= 0.3 is 6.03 Å². The van der Waals surface area contributed by atoms with Crippen LogP contribution in [0.4, 0.5) is 42.4 Å². The Morgan fingerprint density at radius 3 is 2.45 bits per heavy atom. The predicted octanol–water partition coefficient (Wildman–Crippen LogP) is 6.19. The van der Waals surface area contributed by atoms with Crippen molar-refractivity contribution in [2.75, 3.05) is 40.1 Å². The van der Waals surface area contributed by atoms with E-state index in [-0.39, 0.29) is 35.5 Å². The molecule has 2 aromatic heterocycles. The Hall–Kier alpha value is -6.10. The summed E-state index contributed by atoms with van der Waals surface area (Å²) in [6.07, 6.45) is 3.55. The number of nitrogens with one attached hydrogen (secondary N) is 2. The molecule has 1 unspecified atom stereocenters. The standard InChI is InChI=1S/C35H32F2N8O4/c1-21(2)44-20-27(34(47)45(35(44)48)25-9-6-23(36)7-10-25)33(46)40-24-8-11-29(28(37)17-24)49-26-13-14-39-31(18-26)41-30-12-5-22(19-38)32(42-30)43-15-3-4-16-43/h5-14,17-18,21,27H,3-4,15-16,20H2,1-2H3,(H,40,46)(H,39,41,42). The molecule has 0 aliphatic carbocycles. The number of nitriles is 1. The Morgan fingerprint density at radius 1 is 1.00 bits per heavy atom. The van der Waals surface area contributed by atoms with Crippen LogP contribution in [0.2, 0.25) is 0 Å². The first-order valence-electron chi connectivity index (χ1n) is 15.7. The van der Waals surface area contributed by atoms with Gasteiger partial charge in [0.2, 0.25) is 11.8 Å². The van der Waals surface area contributed by atoms with Crippen LogP contribution in [0.3, 0.4) is 0 Å². The first kappa shape index (κ1) is 32.8. The van der Waals surface area contributed by atoms with Crippen LogP contribution in [0, 0.1) is 28.9 Å². The fourth-order valence-electron chi connectivity index (χ4n) is 5.65. The monoisotopic (exact) mass is 666 g/mol. The molecule has 0 spiro atoms. The molecule has 4 heterocycles. The first-order chi connectivity index (χ1) is 23.6. The van der Waals surface area contributed by atoms with Gasteiger partial charge in [-0.3, -0.25) is 9.59 Å². The van der Waals surface area contributed by atoms with Crippen LogP contribution >= 0.6 is 0 Å². The maximum atomic E-state index is 15.2. The molecular weight excluding hydrogens is 634 g/mol. The summed E-state index contributed by atoms with van der Waals surface area (Å²) in [6.45, 7) is 4.96. The van der Waals surface area contributed by atoms with Gasteiger partial charge in [0, 0.05) is 49.7 Å². The number of pyridine rings is 2. The summed E-state index contributed by atoms with van der Waals surface area (Å²) in [6, 6.07) is 16.3. The highest BCUT2D eigenvalue weighted by atomic mass is 19.1. The van der Waals surface area contributed by atoms with Crippen LogP contribution in [0.5, 0.6) is 11.5 Å². The summed E-state index contributed by atoms with van der Waals surface area (Å²) in [5, 5.41) is 15.2. The SMILES string of the molecule is CC(C)N1CC(C(=O)Nc2ccc(Oc3ccnc(Nc4ccc(C#N)c(N5CCCC5)n4)c3)c(F)c2)C(=O)N(c2ccc(F)cc2)C1=O. The second kappa shape index (κ2) is 13.9. The lowest BCUT2D eigenvalue weighted by atomic mass is 10.0. The van der Waals surface area contributed by atoms with E-state index in [2.05, 4.69) is 31.6 Å². The molecule has 2 aliphatic rings. The molecular formula is C35H32F2N8O4. The molecule has 2 saturated heterocycles. The molecule has 2 aromatic carbocycles. The number of anilines is 5. The lowest BCUT2D eigenvalue weighted by molar-refractivity contribution is -0.132. The lowest BCUT2D eigenvalue weighted by Gasteiger charge is -2.39. The molecule has 0 radical (unpaired) electrons. The van der Waals surface area contributed by atoms with Crippen molar-refractivity contribution in [1.82, 2.24) is 14.9 Å². The van der Waals surface area contributed by atoms with Crippen LogP contribution in [0.1, 0.15) is 32.3 Å². The van der Waals surface area contributed by atoms with E-state index < -0.39 is 35.4 Å². The lowest BCUT2D eigenvalue weighted by Crippen LogP contribution is -2.61. The summed E-state index contributed by atoms with van der Waals surface area (Å²) in [7, 11) is 0. The third-order valence-corrected chi connectivity index (χ3v) is 8.18. The van der Waals surface area contributed by atoms with Gasteiger partial charge in [0.15, 0.2) is 11.6 Å². The van der Waals surface area contributed by atoms with Crippen LogP contribution in [-0.2, 0) is 9.59 Å². The van der Waals surface area contributed by atoms with Gasteiger partial charge in [0.1, 0.15) is 41.0 Å². The third kappa shape index (κ3) is 7.10. The van der Waals surface area contributed by atoms with Crippen molar-refractivity contribution in [3.63, 3.8) is 0 Å². The highest BCUT2D eigenvalue weighted by molar-refractivity contribution is 6.23. The van der Waals surface area contributed by atoms with Gasteiger partial charge in [-0.1, -0.05) is 0 Å². The van der Waals surface area contributed by atoms with E-state index in [0.29, 0.717) is 23.0 Å². The van der Waals surface area contributed by atoms with E-state index in [4.69, 9.17) is 4.74 Å². The molecule has 2 aliphatic heterocycles.